The minimum atomic E-state index is -0.428. The summed E-state index contributed by atoms with van der Waals surface area (Å²) in [6, 6.07) is 15.1. The molecule has 0 atom stereocenters. The smallest absolute Gasteiger partial charge is 0.248 e. The molecule has 1 saturated heterocycles. The quantitative estimate of drug-likeness (QED) is 0.453. The summed E-state index contributed by atoms with van der Waals surface area (Å²) in [6.45, 7) is 8.42. The molecule has 2 aliphatic rings. The van der Waals surface area contributed by atoms with Crippen molar-refractivity contribution in [2.45, 2.75) is 11.3 Å². The van der Waals surface area contributed by atoms with Crippen LogP contribution in [0.25, 0.3) is 5.57 Å². The lowest BCUT2D eigenvalue weighted by atomic mass is 9.98. The number of anilines is 1. The van der Waals surface area contributed by atoms with Gasteiger partial charge in [-0.1, -0.05) is 43.5 Å². The molecule has 0 saturated carbocycles. The Kier molecular flexibility index (Phi) is 5.67. The molecule has 1 fully saturated rings. The Morgan fingerprint density at radius 1 is 1.16 bits per heavy atom. The van der Waals surface area contributed by atoms with Crippen LogP contribution in [0.15, 0.2) is 107 Å². The van der Waals surface area contributed by atoms with E-state index in [0.717, 1.165) is 45.0 Å². The van der Waals surface area contributed by atoms with E-state index in [1.54, 1.807) is 12.1 Å². The molecule has 4 rings (SSSR count). The van der Waals surface area contributed by atoms with Gasteiger partial charge in [-0.3, -0.25) is 9.69 Å². The van der Waals surface area contributed by atoms with Gasteiger partial charge in [-0.15, -0.1) is 12.6 Å². The molecule has 1 aliphatic carbocycles. The van der Waals surface area contributed by atoms with Crippen LogP contribution in [0.4, 0.5) is 5.69 Å². The van der Waals surface area contributed by atoms with Gasteiger partial charge in [0, 0.05) is 27.4 Å². The fourth-order valence-electron chi connectivity index (χ4n) is 3.62. The molecule has 3 N–H and O–H groups in total. The Morgan fingerprint density at radius 2 is 1.90 bits per heavy atom. The first kappa shape index (κ1) is 20.9. The van der Waals surface area contributed by atoms with Crippen LogP contribution in [-0.2, 0) is 0 Å². The SMILES string of the molecule is C=C1NC(=S)N(c2cccc(S)c2)C(=C)/C1=C/C1=CC=C(c2ccc(C(N)=O)cc2)C1. The summed E-state index contributed by atoms with van der Waals surface area (Å²) in [6.07, 6.45) is 7.01. The van der Waals surface area contributed by atoms with E-state index in [9.17, 15) is 4.79 Å². The fraction of sp³-hybridized carbons (Fsp3) is 0.0400. The van der Waals surface area contributed by atoms with Gasteiger partial charge in [0.2, 0.25) is 5.91 Å². The fourth-order valence-corrected chi connectivity index (χ4v) is 4.18. The predicted octanol–water partition coefficient (Wildman–Crippen LogP) is 5.14. The summed E-state index contributed by atoms with van der Waals surface area (Å²) in [4.78, 5) is 14.0. The van der Waals surface area contributed by atoms with Crippen LogP contribution in [0, 0.1) is 0 Å². The molecule has 0 radical (unpaired) electrons. The van der Waals surface area contributed by atoms with E-state index in [1.165, 1.54) is 0 Å². The zero-order chi connectivity index (χ0) is 22.1. The van der Waals surface area contributed by atoms with Crippen LogP contribution in [0.5, 0.6) is 0 Å². The first-order valence-electron chi connectivity index (χ1n) is 9.64. The molecule has 0 aromatic heterocycles. The predicted molar refractivity (Wildman–Crippen MR) is 134 cm³/mol. The first-order valence-corrected chi connectivity index (χ1v) is 10.5. The highest BCUT2D eigenvalue weighted by Gasteiger charge is 2.27. The van der Waals surface area contributed by atoms with Gasteiger partial charge in [0.15, 0.2) is 5.11 Å². The number of amides is 1. The molecular weight excluding hydrogens is 422 g/mol. The maximum absolute atomic E-state index is 11.3. The number of thiol groups is 1. The molecule has 1 heterocycles. The number of rotatable bonds is 4. The zero-order valence-electron chi connectivity index (χ0n) is 16.8. The second-order valence-corrected chi connectivity index (χ2v) is 8.22. The number of primary amides is 1. The summed E-state index contributed by atoms with van der Waals surface area (Å²) >= 11 is 9.97. The van der Waals surface area contributed by atoms with Crippen molar-refractivity contribution in [3.63, 3.8) is 0 Å². The number of carbonyl (C=O) groups is 1. The lowest BCUT2D eigenvalue weighted by molar-refractivity contribution is 0.100. The minimum absolute atomic E-state index is 0.428. The van der Waals surface area contributed by atoms with Crippen molar-refractivity contribution in [2.75, 3.05) is 4.90 Å². The topological polar surface area (TPSA) is 58.4 Å². The van der Waals surface area contributed by atoms with Gasteiger partial charge in [0.1, 0.15) is 0 Å². The van der Waals surface area contributed by atoms with Crippen molar-refractivity contribution >= 4 is 47.1 Å². The zero-order valence-corrected chi connectivity index (χ0v) is 18.5. The summed E-state index contributed by atoms with van der Waals surface area (Å²) in [5, 5.41) is 3.71. The number of allylic oxidation sites excluding steroid dienone is 5. The summed E-state index contributed by atoms with van der Waals surface area (Å²) in [5.74, 6) is -0.428. The highest BCUT2D eigenvalue weighted by molar-refractivity contribution is 7.80. The van der Waals surface area contributed by atoms with Crippen molar-refractivity contribution in [3.05, 3.63) is 114 Å². The third-order valence-corrected chi connectivity index (χ3v) is 5.78. The molecule has 2 aromatic carbocycles. The third kappa shape index (κ3) is 4.26. The lowest BCUT2D eigenvalue weighted by Crippen LogP contribution is -2.44. The molecule has 0 unspecified atom stereocenters. The van der Waals surface area contributed by atoms with Crippen molar-refractivity contribution in [1.82, 2.24) is 5.32 Å². The molecule has 0 spiro atoms. The second kappa shape index (κ2) is 8.41. The number of thiocarbonyl (C=S) groups is 1. The Hall–Kier alpha value is -3.35. The van der Waals surface area contributed by atoms with Crippen LogP contribution in [-0.4, -0.2) is 11.0 Å². The van der Waals surface area contributed by atoms with Crippen molar-refractivity contribution in [1.29, 1.82) is 0 Å². The molecule has 31 heavy (non-hydrogen) atoms. The van der Waals surface area contributed by atoms with E-state index in [0.29, 0.717) is 16.4 Å². The Bertz CT molecular complexity index is 1220. The molecule has 0 bridgehead atoms. The number of nitrogens with zero attached hydrogens (tertiary/aromatic N) is 1. The first-order chi connectivity index (χ1) is 14.8. The minimum Gasteiger partial charge on any atom is -0.366 e. The van der Waals surface area contributed by atoms with Crippen molar-refractivity contribution in [3.8, 4) is 0 Å². The van der Waals surface area contributed by atoms with Gasteiger partial charge >= 0.3 is 0 Å². The van der Waals surface area contributed by atoms with Gasteiger partial charge in [-0.2, -0.15) is 0 Å². The second-order valence-electron chi connectivity index (χ2n) is 7.32. The van der Waals surface area contributed by atoms with E-state index in [1.807, 2.05) is 41.3 Å². The average molecular weight is 444 g/mol. The Balaban J connectivity index is 1.55. The number of benzene rings is 2. The number of hydrogen-bond acceptors (Lipinski definition) is 3. The van der Waals surface area contributed by atoms with Gasteiger partial charge in [-0.25, -0.2) is 0 Å². The van der Waals surface area contributed by atoms with Gasteiger partial charge in [0.25, 0.3) is 0 Å². The third-order valence-electron chi connectivity index (χ3n) is 5.22. The van der Waals surface area contributed by atoms with E-state index in [2.05, 4.69) is 49.3 Å². The maximum atomic E-state index is 11.3. The van der Waals surface area contributed by atoms with Crippen molar-refractivity contribution < 1.29 is 4.79 Å². The number of nitrogens with one attached hydrogen (secondary N) is 1. The molecule has 6 heteroatoms. The summed E-state index contributed by atoms with van der Waals surface area (Å²) in [7, 11) is 0. The van der Waals surface area contributed by atoms with Gasteiger partial charge < -0.3 is 11.1 Å². The van der Waals surface area contributed by atoms with E-state index in [-0.39, 0.29) is 0 Å². The molecule has 4 nitrogen and oxygen atoms in total. The van der Waals surface area contributed by atoms with Crippen molar-refractivity contribution in [2.24, 2.45) is 5.73 Å². The van der Waals surface area contributed by atoms with E-state index in [4.69, 9.17) is 18.0 Å². The largest absolute Gasteiger partial charge is 0.366 e. The number of nitrogens with two attached hydrogens (primary N) is 1. The monoisotopic (exact) mass is 443 g/mol. The standard InChI is InChI=1S/C25H21N3OS2/c1-15-23(16(2)28(25(31)27-15)21-4-3-5-22(30)14-21)13-17-6-7-20(12-17)18-8-10-19(11-9-18)24(26)29/h3-11,13-14,30H,1-2,12H2,(H2,26,29)(H,27,31)/b23-13+. The van der Waals surface area contributed by atoms with E-state index >= 15 is 0 Å². The van der Waals surface area contributed by atoms with Crippen LogP contribution in [0.1, 0.15) is 22.3 Å². The number of carbonyl (C=O) groups excluding carboxylic acids is 1. The maximum Gasteiger partial charge on any atom is 0.248 e. The molecule has 154 valence electrons. The molecule has 2 aromatic rings. The van der Waals surface area contributed by atoms with Crippen LogP contribution < -0.4 is 16.0 Å². The van der Waals surface area contributed by atoms with Gasteiger partial charge in [-0.05, 0) is 71.8 Å². The highest BCUT2D eigenvalue weighted by atomic mass is 32.1. The van der Waals surface area contributed by atoms with Crippen LogP contribution in [0.2, 0.25) is 0 Å². The molecular formula is C25H21N3OS2. The normalized spacial score (nSPS) is 17.5. The lowest BCUT2D eigenvalue weighted by Gasteiger charge is -2.35. The number of hydrogen-bond donors (Lipinski definition) is 3. The van der Waals surface area contributed by atoms with Gasteiger partial charge in [0.05, 0.1) is 5.70 Å². The van der Waals surface area contributed by atoms with Crippen LogP contribution >= 0.6 is 24.8 Å². The summed E-state index contributed by atoms with van der Waals surface area (Å²) < 4.78 is 0. The van der Waals surface area contributed by atoms with E-state index < -0.39 is 5.91 Å². The van der Waals surface area contributed by atoms with Crippen LogP contribution in [0.3, 0.4) is 0 Å². The average Bonchev–Trinajstić information content (AvgIpc) is 3.20. The molecule has 1 amide bonds. The molecule has 1 aliphatic heterocycles. The highest BCUT2D eigenvalue weighted by Crippen LogP contribution is 2.35. The Morgan fingerprint density at radius 3 is 2.58 bits per heavy atom. The Labute approximate surface area is 192 Å². The summed E-state index contributed by atoms with van der Waals surface area (Å²) in [5.41, 5.74) is 12.4.